The van der Waals surface area contributed by atoms with Crippen LogP contribution in [-0.4, -0.2) is 18.0 Å². The van der Waals surface area contributed by atoms with Crippen molar-refractivity contribution in [1.29, 1.82) is 0 Å². The minimum atomic E-state index is -0.780. The molecule has 0 amide bonds. The number of carbonyl (C=O) groups is 2. The summed E-state index contributed by atoms with van der Waals surface area (Å²) in [4.78, 5) is 24.4. The highest BCUT2D eigenvalue weighted by Crippen LogP contribution is 2.22. The molecule has 0 radical (unpaired) electrons. The van der Waals surface area contributed by atoms with Crippen molar-refractivity contribution >= 4 is 11.9 Å². The number of rotatable bonds is 0. The topological polar surface area (TPSA) is 52.6 Å². The summed E-state index contributed by atoms with van der Waals surface area (Å²) in [6.07, 6.45) is 16.5. The van der Waals surface area contributed by atoms with E-state index >= 15 is 0 Å². The van der Waals surface area contributed by atoms with Crippen LogP contribution in [0.25, 0.3) is 0 Å². The number of carbonyl (C=O) groups excluding carboxylic acids is 2. The minimum absolute atomic E-state index is 0.0524. The zero-order valence-electron chi connectivity index (χ0n) is 13.2. The number of esters is 2. The zero-order chi connectivity index (χ0) is 15.6. The fourth-order valence-corrected chi connectivity index (χ4v) is 2.96. The Kier molecular flexibility index (Phi) is 7.20. The van der Waals surface area contributed by atoms with Gasteiger partial charge in [-0.25, -0.2) is 0 Å². The van der Waals surface area contributed by atoms with Gasteiger partial charge in [0.15, 0.2) is 5.92 Å². The van der Waals surface area contributed by atoms with Crippen molar-refractivity contribution in [2.75, 3.05) is 0 Å². The maximum absolute atomic E-state index is 12.3. The standard InChI is InChI=1S/C18H26O4/c19-17-16-13-9-5-4-8-12-15(22-18(16)20)11-7-3-1-2-6-10-14-21-17/h2,6,10,14-16H,1,3-5,7-9,11-13H2/b6-2+,14-10-. The molecular weight excluding hydrogens is 280 g/mol. The molecule has 22 heavy (non-hydrogen) atoms. The summed E-state index contributed by atoms with van der Waals surface area (Å²) in [6, 6.07) is 0. The Hall–Kier alpha value is -1.58. The molecule has 0 aromatic carbocycles. The second-order valence-electron chi connectivity index (χ2n) is 6.08. The molecule has 0 aromatic rings. The van der Waals surface area contributed by atoms with Gasteiger partial charge in [-0.3, -0.25) is 9.59 Å². The summed E-state index contributed by atoms with van der Waals surface area (Å²) in [5.74, 6) is -1.68. The third-order valence-electron chi connectivity index (χ3n) is 4.28. The molecule has 1 fully saturated rings. The van der Waals surface area contributed by atoms with Gasteiger partial charge in [0.05, 0.1) is 6.26 Å². The summed E-state index contributed by atoms with van der Waals surface area (Å²) in [7, 11) is 0. The summed E-state index contributed by atoms with van der Waals surface area (Å²) >= 11 is 0. The van der Waals surface area contributed by atoms with Gasteiger partial charge in [0.2, 0.25) is 0 Å². The maximum atomic E-state index is 12.3. The number of fused-ring (bicyclic) bond motifs is 3. The van der Waals surface area contributed by atoms with Crippen molar-refractivity contribution in [3.05, 3.63) is 24.5 Å². The molecule has 2 aliphatic rings. The predicted molar refractivity (Wildman–Crippen MR) is 83.9 cm³/mol. The van der Waals surface area contributed by atoms with Crippen LogP contribution < -0.4 is 0 Å². The first kappa shape index (κ1) is 16.8. The lowest BCUT2D eigenvalue weighted by Crippen LogP contribution is -2.31. The molecule has 2 heterocycles. The maximum Gasteiger partial charge on any atom is 0.325 e. The van der Waals surface area contributed by atoms with E-state index in [9.17, 15) is 9.59 Å². The molecular formula is C18H26O4. The number of ether oxygens (including phenoxy) is 2. The van der Waals surface area contributed by atoms with E-state index in [0.717, 1.165) is 57.8 Å². The van der Waals surface area contributed by atoms with Crippen molar-refractivity contribution < 1.29 is 19.1 Å². The Balaban J connectivity index is 2.11. The van der Waals surface area contributed by atoms with Gasteiger partial charge in [-0.1, -0.05) is 31.4 Å². The van der Waals surface area contributed by atoms with Gasteiger partial charge in [0.25, 0.3) is 0 Å². The number of allylic oxidation sites excluding steroid dienone is 3. The van der Waals surface area contributed by atoms with Crippen molar-refractivity contribution in [3.63, 3.8) is 0 Å². The number of hydrogen-bond acceptors (Lipinski definition) is 4. The van der Waals surface area contributed by atoms with Gasteiger partial charge in [-0.05, 0) is 51.0 Å². The van der Waals surface area contributed by atoms with Crippen LogP contribution in [-0.2, 0) is 19.1 Å². The lowest BCUT2D eigenvalue weighted by Gasteiger charge is -2.22. The summed E-state index contributed by atoms with van der Waals surface area (Å²) in [5, 5.41) is 0. The first-order chi connectivity index (χ1) is 10.8. The quantitative estimate of drug-likeness (QED) is 0.500. The fourth-order valence-electron chi connectivity index (χ4n) is 2.96. The Labute approximate surface area is 132 Å². The third kappa shape index (κ3) is 5.66. The van der Waals surface area contributed by atoms with Crippen molar-refractivity contribution in [1.82, 2.24) is 0 Å². The van der Waals surface area contributed by atoms with Gasteiger partial charge in [-0.15, -0.1) is 0 Å². The molecule has 0 spiro atoms. The van der Waals surface area contributed by atoms with Crippen molar-refractivity contribution in [2.24, 2.45) is 5.92 Å². The van der Waals surface area contributed by atoms with E-state index in [2.05, 4.69) is 6.08 Å². The number of cyclic esters (lactones) is 1. The Morgan fingerprint density at radius 3 is 2.36 bits per heavy atom. The summed E-state index contributed by atoms with van der Waals surface area (Å²) in [5.41, 5.74) is 0. The van der Waals surface area contributed by atoms with E-state index in [0.29, 0.717) is 6.42 Å². The highest BCUT2D eigenvalue weighted by molar-refractivity contribution is 5.95. The smallest absolute Gasteiger partial charge is 0.325 e. The van der Waals surface area contributed by atoms with E-state index in [1.165, 1.54) is 6.26 Å². The second kappa shape index (κ2) is 9.44. The molecule has 4 heteroatoms. The van der Waals surface area contributed by atoms with E-state index in [1.54, 1.807) is 6.08 Å². The molecule has 2 aliphatic heterocycles. The molecule has 0 aliphatic carbocycles. The minimum Gasteiger partial charge on any atom is -0.462 e. The van der Waals surface area contributed by atoms with E-state index in [1.807, 2.05) is 6.08 Å². The first-order valence-electron chi connectivity index (χ1n) is 8.50. The highest BCUT2D eigenvalue weighted by atomic mass is 16.6. The van der Waals surface area contributed by atoms with Gasteiger partial charge in [0.1, 0.15) is 6.10 Å². The van der Waals surface area contributed by atoms with Gasteiger partial charge in [-0.2, -0.15) is 0 Å². The number of hydrogen-bond donors (Lipinski definition) is 0. The normalized spacial score (nSPS) is 31.5. The van der Waals surface area contributed by atoms with Crippen LogP contribution in [0.4, 0.5) is 0 Å². The predicted octanol–water partition coefficient (Wildman–Crippen LogP) is 4.06. The lowest BCUT2D eigenvalue weighted by atomic mass is 9.97. The monoisotopic (exact) mass is 306 g/mol. The molecule has 0 aromatic heterocycles. The van der Waals surface area contributed by atoms with Crippen LogP contribution in [0.5, 0.6) is 0 Å². The largest absolute Gasteiger partial charge is 0.462 e. The van der Waals surface area contributed by atoms with Crippen molar-refractivity contribution in [3.8, 4) is 0 Å². The molecule has 4 nitrogen and oxygen atoms in total. The summed E-state index contributed by atoms with van der Waals surface area (Å²) in [6.45, 7) is 0. The van der Waals surface area contributed by atoms with Crippen LogP contribution in [0.2, 0.25) is 0 Å². The molecule has 1 saturated heterocycles. The van der Waals surface area contributed by atoms with Crippen LogP contribution in [0.15, 0.2) is 24.5 Å². The third-order valence-corrected chi connectivity index (χ3v) is 4.28. The molecule has 2 bridgehead atoms. The Morgan fingerprint density at radius 1 is 0.818 bits per heavy atom. The van der Waals surface area contributed by atoms with E-state index in [4.69, 9.17) is 9.47 Å². The summed E-state index contributed by atoms with van der Waals surface area (Å²) < 4.78 is 10.7. The Bertz CT molecular complexity index is 425. The van der Waals surface area contributed by atoms with Crippen LogP contribution in [0.3, 0.4) is 0 Å². The molecule has 0 saturated carbocycles. The fraction of sp³-hybridized carbons (Fsp3) is 0.667. The molecule has 122 valence electrons. The second-order valence-corrected chi connectivity index (χ2v) is 6.08. The first-order valence-corrected chi connectivity index (χ1v) is 8.50. The van der Waals surface area contributed by atoms with Gasteiger partial charge >= 0.3 is 11.9 Å². The van der Waals surface area contributed by atoms with E-state index < -0.39 is 17.9 Å². The Morgan fingerprint density at radius 2 is 1.55 bits per heavy atom. The zero-order valence-corrected chi connectivity index (χ0v) is 13.2. The molecule has 2 unspecified atom stereocenters. The SMILES string of the molecule is O=C1O/C=C\C=C\CCCCC2CCCCCCC1C(=O)O2. The lowest BCUT2D eigenvalue weighted by molar-refractivity contribution is -0.164. The van der Waals surface area contributed by atoms with Crippen LogP contribution in [0.1, 0.15) is 64.2 Å². The average molecular weight is 306 g/mol. The highest BCUT2D eigenvalue weighted by Gasteiger charge is 2.31. The van der Waals surface area contributed by atoms with Gasteiger partial charge in [0, 0.05) is 0 Å². The average Bonchev–Trinajstić information content (AvgIpc) is 2.51. The molecule has 0 N–H and O–H groups in total. The van der Waals surface area contributed by atoms with Gasteiger partial charge < -0.3 is 9.47 Å². The van der Waals surface area contributed by atoms with Crippen LogP contribution >= 0.6 is 0 Å². The molecule has 2 atom stereocenters. The van der Waals surface area contributed by atoms with Crippen LogP contribution in [0, 0.1) is 5.92 Å². The molecule has 2 rings (SSSR count). The van der Waals surface area contributed by atoms with Crippen molar-refractivity contribution in [2.45, 2.75) is 70.3 Å². The van der Waals surface area contributed by atoms with E-state index in [-0.39, 0.29) is 6.10 Å².